The average molecular weight is 437 g/mol. The Morgan fingerprint density at radius 2 is 2.13 bits per heavy atom. The van der Waals surface area contributed by atoms with Crippen molar-refractivity contribution >= 4 is 23.2 Å². The summed E-state index contributed by atoms with van der Waals surface area (Å²) in [6.07, 6.45) is 3.10. The lowest BCUT2D eigenvalue weighted by molar-refractivity contribution is -0.134. The van der Waals surface area contributed by atoms with Gasteiger partial charge >= 0.3 is 0 Å². The molecule has 31 heavy (non-hydrogen) atoms. The monoisotopic (exact) mass is 436 g/mol. The quantitative estimate of drug-likeness (QED) is 0.635. The zero-order valence-corrected chi connectivity index (χ0v) is 18.8. The van der Waals surface area contributed by atoms with Crippen molar-refractivity contribution in [3.63, 3.8) is 0 Å². The molecule has 0 bridgehead atoms. The predicted molar refractivity (Wildman–Crippen MR) is 123 cm³/mol. The van der Waals surface area contributed by atoms with Gasteiger partial charge in [-0.25, -0.2) is 0 Å². The lowest BCUT2D eigenvalue weighted by Gasteiger charge is -2.24. The van der Waals surface area contributed by atoms with Crippen LogP contribution in [0.4, 0.5) is 0 Å². The van der Waals surface area contributed by atoms with Gasteiger partial charge in [-0.15, -0.1) is 11.3 Å². The summed E-state index contributed by atoms with van der Waals surface area (Å²) < 4.78 is 0. The molecular formula is C24H28N4O2S. The van der Waals surface area contributed by atoms with Gasteiger partial charge in [0.2, 0.25) is 5.91 Å². The second-order valence-corrected chi connectivity index (χ2v) is 9.01. The molecule has 3 aromatic rings. The second kappa shape index (κ2) is 9.47. The van der Waals surface area contributed by atoms with Gasteiger partial charge in [0.25, 0.3) is 5.91 Å². The zero-order chi connectivity index (χ0) is 21.8. The molecule has 6 nitrogen and oxygen atoms in total. The van der Waals surface area contributed by atoms with Gasteiger partial charge in [-0.2, -0.15) is 5.10 Å². The van der Waals surface area contributed by atoms with Crippen LogP contribution in [0.5, 0.6) is 0 Å². The number of carbonyl (C=O) groups excluding carboxylic acids is 2. The lowest BCUT2D eigenvalue weighted by Crippen LogP contribution is -2.38. The summed E-state index contributed by atoms with van der Waals surface area (Å²) in [5, 5.41) is 8.90. The molecule has 0 spiro atoms. The molecule has 3 heterocycles. The van der Waals surface area contributed by atoms with Crippen molar-refractivity contribution in [3.05, 3.63) is 64.8 Å². The van der Waals surface area contributed by atoms with E-state index < -0.39 is 0 Å². The van der Waals surface area contributed by atoms with Crippen molar-refractivity contribution in [2.75, 3.05) is 26.2 Å². The van der Waals surface area contributed by atoms with Crippen LogP contribution in [0.2, 0.25) is 0 Å². The minimum absolute atomic E-state index is 0.0604. The Kier molecular flexibility index (Phi) is 6.51. The molecule has 1 saturated heterocycles. The molecule has 0 radical (unpaired) electrons. The minimum Gasteiger partial charge on any atom is -0.341 e. The standard InChI is InChI=1S/C24H28N4O2S/c1-3-9-27-10-11-28(24(30)21-15-25-26-17(21)2)16-20(23(27)29)14-18-6-4-7-19(13-18)22-8-5-12-31-22/h4-8,12-13,15,20H,3,9-11,14,16H2,1-2H3,(H,25,26). The number of rotatable bonds is 6. The van der Waals surface area contributed by atoms with Crippen molar-refractivity contribution in [2.24, 2.45) is 5.92 Å². The molecule has 1 fully saturated rings. The van der Waals surface area contributed by atoms with Gasteiger partial charge < -0.3 is 9.80 Å². The molecule has 2 amide bonds. The van der Waals surface area contributed by atoms with E-state index in [1.54, 1.807) is 17.5 Å². The Morgan fingerprint density at radius 1 is 1.26 bits per heavy atom. The Morgan fingerprint density at radius 3 is 2.84 bits per heavy atom. The average Bonchev–Trinajstić information content (AvgIpc) is 3.43. The summed E-state index contributed by atoms with van der Waals surface area (Å²) in [5.41, 5.74) is 3.62. The van der Waals surface area contributed by atoms with E-state index in [4.69, 9.17) is 0 Å². The number of benzene rings is 1. The number of aryl methyl sites for hydroxylation is 1. The van der Waals surface area contributed by atoms with Gasteiger partial charge in [0.05, 0.1) is 17.7 Å². The van der Waals surface area contributed by atoms with Crippen molar-refractivity contribution in [3.8, 4) is 10.4 Å². The van der Waals surface area contributed by atoms with E-state index in [1.165, 1.54) is 10.4 Å². The molecule has 1 aliphatic heterocycles. The highest BCUT2D eigenvalue weighted by atomic mass is 32.1. The summed E-state index contributed by atoms with van der Waals surface area (Å²) in [6.45, 7) is 6.18. The highest BCUT2D eigenvalue weighted by Gasteiger charge is 2.33. The van der Waals surface area contributed by atoms with E-state index in [0.29, 0.717) is 31.6 Å². The van der Waals surface area contributed by atoms with Gasteiger partial charge in [0.1, 0.15) is 0 Å². The van der Waals surface area contributed by atoms with Gasteiger partial charge in [-0.1, -0.05) is 37.3 Å². The third-order valence-electron chi connectivity index (χ3n) is 5.80. The van der Waals surface area contributed by atoms with E-state index in [0.717, 1.165) is 24.2 Å². The zero-order valence-electron chi connectivity index (χ0n) is 18.0. The van der Waals surface area contributed by atoms with Gasteiger partial charge in [0, 0.05) is 36.8 Å². The van der Waals surface area contributed by atoms with E-state index in [-0.39, 0.29) is 17.7 Å². The normalized spacial score (nSPS) is 17.1. The summed E-state index contributed by atoms with van der Waals surface area (Å²) >= 11 is 1.71. The molecule has 1 unspecified atom stereocenters. The Labute approximate surface area is 186 Å². The predicted octanol–water partition coefficient (Wildman–Crippen LogP) is 4.00. The Balaban J connectivity index is 1.58. The molecule has 1 N–H and O–H groups in total. The fourth-order valence-electron chi connectivity index (χ4n) is 4.19. The highest BCUT2D eigenvalue weighted by Crippen LogP contribution is 2.27. The molecule has 1 atom stereocenters. The number of thiophene rings is 1. The van der Waals surface area contributed by atoms with Crippen LogP contribution in [0.15, 0.2) is 48.0 Å². The van der Waals surface area contributed by atoms with Crippen LogP contribution >= 0.6 is 11.3 Å². The molecule has 7 heteroatoms. The number of hydrogen-bond acceptors (Lipinski definition) is 4. The molecule has 4 rings (SSSR count). The van der Waals surface area contributed by atoms with Crippen molar-refractivity contribution in [1.29, 1.82) is 0 Å². The van der Waals surface area contributed by atoms with Crippen LogP contribution in [0, 0.1) is 12.8 Å². The van der Waals surface area contributed by atoms with E-state index >= 15 is 0 Å². The lowest BCUT2D eigenvalue weighted by atomic mass is 9.96. The first-order valence-electron chi connectivity index (χ1n) is 10.8. The van der Waals surface area contributed by atoms with Crippen LogP contribution in [-0.2, 0) is 11.2 Å². The number of hydrogen-bond donors (Lipinski definition) is 1. The number of carbonyl (C=O) groups is 2. The maximum absolute atomic E-state index is 13.3. The largest absolute Gasteiger partial charge is 0.341 e. The number of nitrogens with zero attached hydrogens (tertiary/aromatic N) is 3. The molecule has 1 aromatic carbocycles. The molecule has 0 saturated carbocycles. The number of amides is 2. The number of nitrogens with one attached hydrogen (secondary N) is 1. The molecule has 162 valence electrons. The van der Waals surface area contributed by atoms with E-state index in [9.17, 15) is 9.59 Å². The molecular weight excluding hydrogens is 408 g/mol. The third-order valence-corrected chi connectivity index (χ3v) is 6.72. The van der Waals surface area contributed by atoms with Crippen molar-refractivity contribution < 1.29 is 9.59 Å². The Bertz CT molecular complexity index is 1040. The number of aromatic amines is 1. The maximum atomic E-state index is 13.3. The summed E-state index contributed by atoms with van der Waals surface area (Å²) in [4.78, 5) is 31.5. The van der Waals surface area contributed by atoms with Crippen LogP contribution in [0.1, 0.15) is 35.0 Å². The molecule has 0 aliphatic carbocycles. The van der Waals surface area contributed by atoms with Gasteiger partial charge in [-0.3, -0.25) is 14.7 Å². The second-order valence-electron chi connectivity index (χ2n) is 8.06. The van der Waals surface area contributed by atoms with E-state index in [2.05, 4.69) is 46.8 Å². The maximum Gasteiger partial charge on any atom is 0.257 e. The molecule has 1 aliphatic rings. The van der Waals surface area contributed by atoms with E-state index in [1.807, 2.05) is 28.9 Å². The molecule has 2 aromatic heterocycles. The summed E-state index contributed by atoms with van der Waals surface area (Å²) in [6, 6.07) is 12.5. The van der Waals surface area contributed by atoms with Crippen molar-refractivity contribution in [2.45, 2.75) is 26.7 Å². The number of H-pyrrole nitrogens is 1. The van der Waals surface area contributed by atoms with Crippen LogP contribution in [0.3, 0.4) is 0 Å². The summed E-state index contributed by atoms with van der Waals surface area (Å²) in [5.74, 6) is -0.180. The summed E-state index contributed by atoms with van der Waals surface area (Å²) in [7, 11) is 0. The first kappa shape index (κ1) is 21.3. The van der Waals surface area contributed by atoms with Crippen LogP contribution < -0.4 is 0 Å². The highest BCUT2D eigenvalue weighted by molar-refractivity contribution is 7.13. The number of aromatic nitrogens is 2. The third kappa shape index (κ3) is 4.71. The van der Waals surface area contributed by atoms with Gasteiger partial charge in [-0.05, 0) is 42.3 Å². The fraction of sp³-hybridized carbons (Fsp3) is 0.375. The first-order chi connectivity index (χ1) is 15.1. The SMILES string of the molecule is CCCN1CCN(C(=O)c2cn[nH]c2C)CC(Cc2cccc(-c3cccs3)c2)C1=O. The fourth-order valence-corrected chi connectivity index (χ4v) is 4.91. The smallest absolute Gasteiger partial charge is 0.257 e. The Hall–Kier alpha value is -2.93. The topological polar surface area (TPSA) is 69.3 Å². The van der Waals surface area contributed by atoms with Gasteiger partial charge in [0.15, 0.2) is 0 Å². The van der Waals surface area contributed by atoms with Crippen LogP contribution in [0.25, 0.3) is 10.4 Å². The minimum atomic E-state index is -0.260. The first-order valence-corrected chi connectivity index (χ1v) is 11.7. The van der Waals surface area contributed by atoms with Crippen LogP contribution in [-0.4, -0.2) is 58.0 Å². The van der Waals surface area contributed by atoms with Crippen molar-refractivity contribution in [1.82, 2.24) is 20.0 Å².